The molecule has 2 rings (SSSR count). The summed E-state index contributed by atoms with van der Waals surface area (Å²) >= 11 is 0. The SMILES string of the molecule is CC(Oc1c(F)cc(/C(N)=N/O)cc1F)c1ccccc1. The van der Waals surface area contributed by atoms with Crippen molar-refractivity contribution in [1.29, 1.82) is 0 Å². The van der Waals surface area contributed by atoms with Gasteiger partial charge in [-0.2, -0.15) is 0 Å². The van der Waals surface area contributed by atoms with Gasteiger partial charge in [0.1, 0.15) is 6.10 Å². The van der Waals surface area contributed by atoms with E-state index in [4.69, 9.17) is 15.7 Å². The van der Waals surface area contributed by atoms with Crippen molar-refractivity contribution in [1.82, 2.24) is 0 Å². The molecule has 0 saturated carbocycles. The predicted octanol–water partition coefficient (Wildman–Crippen LogP) is 3.20. The molecule has 6 heteroatoms. The number of nitrogens with two attached hydrogens (primary N) is 1. The summed E-state index contributed by atoms with van der Waals surface area (Å²) in [5.41, 5.74) is 6.03. The van der Waals surface area contributed by atoms with Crippen LogP contribution in [-0.4, -0.2) is 11.0 Å². The fraction of sp³-hybridized carbons (Fsp3) is 0.133. The van der Waals surface area contributed by atoms with E-state index < -0.39 is 23.5 Å². The normalized spacial score (nSPS) is 13.0. The third kappa shape index (κ3) is 3.28. The number of amidine groups is 1. The average molecular weight is 292 g/mol. The second kappa shape index (κ2) is 6.21. The zero-order valence-electron chi connectivity index (χ0n) is 11.3. The van der Waals surface area contributed by atoms with Crippen LogP contribution in [0.4, 0.5) is 8.78 Å². The Morgan fingerprint density at radius 1 is 1.19 bits per heavy atom. The Bertz CT molecular complexity index is 637. The van der Waals surface area contributed by atoms with Gasteiger partial charge in [-0.25, -0.2) is 8.78 Å². The van der Waals surface area contributed by atoms with Crippen molar-refractivity contribution in [3.05, 3.63) is 65.2 Å². The highest BCUT2D eigenvalue weighted by molar-refractivity contribution is 5.97. The zero-order chi connectivity index (χ0) is 15.4. The molecule has 21 heavy (non-hydrogen) atoms. The summed E-state index contributed by atoms with van der Waals surface area (Å²) in [7, 11) is 0. The molecular weight excluding hydrogens is 278 g/mol. The van der Waals surface area contributed by atoms with Crippen LogP contribution in [0.2, 0.25) is 0 Å². The first-order valence-corrected chi connectivity index (χ1v) is 6.21. The van der Waals surface area contributed by atoms with Crippen molar-refractivity contribution in [3.63, 3.8) is 0 Å². The van der Waals surface area contributed by atoms with E-state index in [1.807, 2.05) is 18.2 Å². The van der Waals surface area contributed by atoms with Crippen LogP contribution in [0.5, 0.6) is 5.75 Å². The molecule has 0 fully saturated rings. The van der Waals surface area contributed by atoms with Crippen LogP contribution in [0.3, 0.4) is 0 Å². The smallest absolute Gasteiger partial charge is 0.191 e. The Labute approximate surface area is 120 Å². The average Bonchev–Trinajstić information content (AvgIpc) is 2.50. The molecular formula is C15H14F2N2O2. The minimum atomic E-state index is -0.917. The van der Waals surface area contributed by atoms with Gasteiger partial charge in [-0.05, 0) is 24.6 Å². The molecule has 3 N–H and O–H groups in total. The lowest BCUT2D eigenvalue weighted by molar-refractivity contribution is 0.205. The molecule has 0 radical (unpaired) electrons. The standard InChI is InChI=1S/C15H14F2N2O2/c1-9(10-5-3-2-4-6-10)21-14-12(16)7-11(8-13(14)17)15(18)19-20/h2-9,20H,1H3,(H2,18,19). The number of oxime groups is 1. The fourth-order valence-corrected chi connectivity index (χ4v) is 1.85. The fourth-order valence-electron chi connectivity index (χ4n) is 1.85. The predicted molar refractivity (Wildman–Crippen MR) is 74.4 cm³/mol. The van der Waals surface area contributed by atoms with Gasteiger partial charge in [0.15, 0.2) is 23.2 Å². The first-order chi connectivity index (χ1) is 10.0. The van der Waals surface area contributed by atoms with E-state index in [0.717, 1.165) is 17.7 Å². The van der Waals surface area contributed by atoms with Gasteiger partial charge >= 0.3 is 0 Å². The molecule has 0 aromatic heterocycles. The van der Waals surface area contributed by atoms with Crippen molar-refractivity contribution in [2.24, 2.45) is 10.9 Å². The van der Waals surface area contributed by atoms with Crippen molar-refractivity contribution in [2.45, 2.75) is 13.0 Å². The van der Waals surface area contributed by atoms with Crippen molar-refractivity contribution in [2.75, 3.05) is 0 Å². The van der Waals surface area contributed by atoms with E-state index in [9.17, 15) is 8.78 Å². The first-order valence-electron chi connectivity index (χ1n) is 6.21. The maximum absolute atomic E-state index is 13.9. The van der Waals surface area contributed by atoms with E-state index >= 15 is 0 Å². The summed E-state index contributed by atoms with van der Waals surface area (Å²) in [6, 6.07) is 10.9. The number of rotatable bonds is 4. The minimum absolute atomic E-state index is 0.0628. The van der Waals surface area contributed by atoms with Crippen LogP contribution in [0, 0.1) is 11.6 Å². The monoisotopic (exact) mass is 292 g/mol. The Morgan fingerprint density at radius 2 is 1.76 bits per heavy atom. The number of hydrogen-bond donors (Lipinski definition) is 2. The molecule has 0 aliphatic heterocycles. The number of nitrogens with zero attached hydrogens (tertiary/aromatic N) is 1. The lowest BCUT2D eigenvalue weighted by Crippen LogP contribution is -2.14. The van der Waals surface area contributed by atoms with Gasteiger partial charge in [0.25, 0.3) is 0 Å². The summed E-state index contributed by atoms with van der Waals surface area (Å²) in [5.74, 6) is -2.71. The molecule has 0 spiro atoms. The lowest BCUT2D eigenvalue weighted by Gasteiger charge is -2.16. The van der Waals surface area contributed by atoms with Gasteiger partial charge in [-0.3, -0.25) is 0 Å². The van der Waals surface area contributed by atoms with Crippen LogP contribution in [0.1, 0.15) is 24.2 Å². The molecule has 1 atom stereocenters. The van der Waals surface area contributed by atoms with Gasteiger partial charge in [-0.1, -0.05) is 35.5 Å². The highest BCUT2D eigenvalue weighted by Crippen LogP contribution is 2.28. The van der Waals surface area contributed by atoms with E-state index in [2.05, 4.69) is 5.16 Å². The number of hydrogen-bond acceptors (Lipinski definition) is 3. The molecule has 0 amide bonds. The minimum Gasteiger partial charge on any atom is -0.480 e. The summed E-state index contributed by atoms with van der Waals surface area (Å²) in [6.07, 6.45) is -0.523. The molecule has 0 aliphatic carbocycles. The van der Waals surface area contributed by atoms with Gasteiger partial charge < -0.3 is 15.7 Å². The van der Waals surface area contributed by atoms with E-state index in [1.165, 1.54) is 0 Å². The van der Waals surface area contributed by atoms with Crippen LogP contribution in [-0.2, 0) is 0 Å². The van der Waals surface area contributed by atoms with Gasteiger partial charge in [0, 0.05) is 5.56 Å². The van der Waals surface area contributed by atoms with E-state index in [-0.39, 0.29) is 11.4 Å². The summed E-state index contributed by atoms with van der Waals surface area (Å²) in [6.45, 7) is 1.69. The third-order valence-corrected chi connectivity index (χ3v) is 2.97. The second-order valence-corrected chi connectivity index (χ2v) is 4.43. The molecule has 1 unspecified atom stereocenters. The Hall–Kier alpha value is -2.63. The maximum Gasteiger partial charge on any atom is 0.191 e. The summed E-state index contributed by atoms with van der Waals surface area (Å²) in [5, 5.41) is 11.2. The number of halogens is 2. The largest absolute Gasteiger partial charge is 0.480 e. The molecule has 4 nitrogen and oxygen atoms in total. The van der Waals surface area contributed by atoms with Gasteiger partial charge in [-0.15, -0.1) is 0 Å². The lowest BCUT2D eigenvalue weighted by atomic mass is 10.1. The third-order valence-electron chi connectivity index (χ3n) is 2.97. The first kappa shape index (κ1) is 14.8. The Balaban J connectivity index is 2.29. The Kier molecular flexibility index (Phi) is 4.37. The quantitative estimate of drug-likeness (QED) is 0.393. The van der Waals surface area contributed by atoms with Crippen molar-refractivity contribution < 1.29 is 18.7 Å². The molecule has 0 saturated heterocycles. The molecule has 110 valence electrons. The Morgan fingerprint density at radius 3 is 2.29 bits per heavy atom. The van der Waals surface area contributed by atoms with Crippen molar-refractivity contribution in [3.8, 4) is 5.75 Å². The zero-order valence-corrected chi connectivity index (χ0v) is 11.3. The summed E-state index contributed by atoms with van der Waals surface area (Å²) < 4.78 is 33.2. The molecule has 0 aliphatic rings. The maximum atomic E-state index is 13.9. The summed E-state index contributed by atoms with van der Waals surface area (Å²) in [4.78, 5) is 0. The molecule has 0 heterocycles. The van der Waals surface area contributed by atoms with E-state index in [1.54, 1.807) is 19.1 Å². The van der Waals surface area contributed by atoms with Crippen LogP contribution >= 0.6 is 0 Å². The highest BCUT2D eigenvalue weighted by Gasteiger charge is 2.17. The van der Waals surface area contributed by atoms with Crippen LogP contribution in [0.25, 0.3) is 0 Å². The number of ether oxygens (including phenoxy) is 1. The van der Waals surface area contributed by atoms with Gasteiger partial charge in [0.2, 0.25) is 0 Å². The van der Waals surface area contributed by atoms with E-state index in [0.29, 0.717) is 0 Å². The molecule has 0 bridgehead atoms. The van der Waals surface area contributed by atoms with Crippen LogP contribution < -0.4 is 10.5 Å². The molecule has 2 aromatic carbocycles. The second-order valence-electron chi connectivity index (χ2n) is 4.43. The van der Waals surface area contributed by atoms with Crippen molar-refractivity contribution >= 4 is 5.84 Å². The number of benzene rings is 2. The highest BCUT2D eigenvalue weighted by atomic mass is 19.1. The molecule has 2 aromatic rings. The topological polar surface area (TPSA) is 67.8 Å². The van der Waals surface area contributed by atoms with Gasteiger partial charge in [0.05, 0.1) is 0 Å². The van der Waals surface area contributed by atoms with Crippen LogP contribution in [0.15, 0.2) is 47.6 Å².